The van der Waals surface area contributed by atoms with Gasteiger partial charge in [0.25, 0.3) is 0 Å². The van der Waals surface area contributed by atoms with Crippen molar-refractivity contribution in [3.05, 3.63) is 35.4 Å². The van der Waals surface area contributed by atoms with Gasteiger partial charge in [-0.05, 0) is 38.1 Å². The minimum absolute atomic E-state index is 0.0395. The molecule has 1 fully saturated rings. The molecule has 0 spiro atoms. The summed E-state index contributed by atoms with van der Waals surface area (Å²) in [5, 5.41) is 2.57. The molecule has 5 nitrogen and oxygen atoms in total. The fourth-order valence-electron chi connectivity index (χ4n) is 2.97. The number of ether oxygens (including phenoxy) is 1. The number of halogens is 3. The zero-order valence-corrected chi connectivity index (χ0v) is 15.0. The van der Waals surface area contributed by atoms with E-state index in [1.54, 1.807) is 13.8 Å². The summed E-state index contributed by atoms with van der Waals surface area (Å²) in [4.78, 5) is 26.2. The number of nitrogens with zero attached hydrogens (tertiary/aromatic N) is 1. The first kappa shape index (κ1) is 20.2. The van der Waals surface area contributed by atoms with Gasteiger partial charge in [0.15, 0.2) is 0 Å². The van der Waals surface area contributed by atoms with Gasteiger partial charge in [0.2, 0.25) is 5.91 Å². The number of hydrogen-bond donors (Lipinski definition) is 1. The number of carbonyl (C=O) groups is 2. The minimum atomic E-state index is -4.43. The normalized spacial score (nSPS) is 20.5. The van der Waals surface area contributed by atoms with Gasteiger partial charge in [-0.3, -0.25) is 14.5 Å². The highest BCUT2D eigenvalue weighted by Gasteiger charge is 2.40. The smallest absolute Gasteiger partial charge is 0.416 e. The topological polar surface area (TPSA) is 58.6 Å². The van der Waals surface area contributed by atoms with Crippen LogP contribution in [0.15, 0.2) is 24.3 Å². The van der Waals surface area contributed by atoms with Crippen LogP contribution in [0.25, 0.3) is 0 Å². The SMILES string of the molecule is CCN1CC(C)(C)OC(=O)C1CC(=O)NCc1cccc(C(F)(F)F)c1. The highest BCUT2D eigenvalue weighted by Crippen LogP contribution is 2.29. The molecule has 1 saturated heterocycles. The summed E-state index contributed by atoms with van der Waals surface area (Å²) in [6.07, 6.45) is -4.53. The molecule has 144 valence electrons. The van der Waals surface area contributed by atoms with Gasteiger partial charge in [-0.1, -0.05) is 19.1 Å². The molecule has 0 bridgehead atoms. The molecule has 0 radical (unpaired) electrons. The lowest BCUT2D eigenvalue weighted by atomic mass is 10.0. The number of morpholine rings is 1. The van der Waals surface area contributed by atoms with Gasteiger partial charge < -0.3 is 10.1 Å². The number of likely N-dealkylation sites (N-methyl/N-ethyl adjacent to an activating group) is 1. The second-order valence-corrected chi connectivity index (χ2v) is 6.94. The summed E-state index contributed by atoms with van der Waals surface area (Å²) in [5.41, 5.74) is -1.04. The predicted octanol–water partition coefficient (Wildman–Crippen LogP) is 2.74. The van der Waals surface area contributed by atoms with Crippen molar-refractivity contribution < 1.29 is 27.5 Å². The van der Waals surface area contributed by atoms with E-state index in [1.807, 2.05) is 11.8 Å². The Kier molecular flexibility index (Phi) is 5.95. The Labute approximate surface area is 150 Å². The Morgan fingerprint density at radius 3 is 2.69 bits per heavy atom. The van der Waals surface area contributed by atoms with Crippen LogP contribution < -0.4 is 5.32 Å². The quantitative estimate of drug-likeness (QED) is 0.808. The molecule has 0 aliphatic carbocycles. The zero-order chi connectivity index (χ0) is 19.5. The third kappa shape index (κ3) is 5.20. The lowest BCUT2D eigenvalue weighted by Crippen LogP contribution is -2.57. The van der Waals surface area contributed by atoms with E-state index < -0.39 is 35.3 Å². The average molecular weight is 372 g/mol. The Balaban J connectivity index is 1.95. The Hall–Kier alpha value is -2.09. The molecular formula is C18H23F3N2O3. The third-order valence-electron chi connectivity index (χ3n) is 4.20. The summed E-state index contributed by atoms with van der Waals surface area (Å²) < 4.78 is 43.5. The molecular weight excluding hydrogens is 349 g/mol. The number of cyclic esters (lactones) is 1. The van der Waals surface area contributed by atoms with E-state index in [9.17, 15) is 22.8 Å². The Morgan fingerprint density at radius 1 is 1.38 bits per heavy atom. The van der Waals surface area contributed by atoms with Gasteiger partial charge >= 0.3 is 12.1 Å². The first-order chi connectivity index (χ1) is 12.0. The summed E-state index contributed by atoms with van der Waals surface area (Å²) in [6.45, 7) is 6.56. The van der Waals surface area contributed by atoms with E-state index in [1.165, 1.54) is 12.1 Å². The fourth-order valence-corrected chi connectivity index (χ4v) is 2.97. The van der Waals surface area contributed by atoms with Gasteiger partial charge in [0, 0.05) is 13.1 Å². The predicted molar refractivity (Wildman–Crippen MR) is 89.1 cm³/mol. The molecule has 2 rings (SSSR count). The summed E-state index contributed by atoms with van der Waals surface area (Å²) in [6, 6.07) is 4.09. The van der Waals surface area contributed by atoms with E-state index >= 15 is 0 Å². The van der Waals surface area contributed by atoms with Crippen LogP contribution >= 0.6 is 0 Å². The van der Waals surface area contributed by atoms with Crippen molar-refractivity contribution in [2.24, 2.45) is 0 Å². The maximum atomic E-state index is 12.7. The minimum Gasteiger partial charge on any atom is -0.457 e. The Bertz CT molecular complexity index is 674. The van der Waals surface area contributed by atoms with Gasteiger partial charge in [0.05, 0.1) is 12.0 Å². The fraction of sp³-hybridized carbons (Fsp3) is 0.556. The van der Waals surface area contributed by atoms with Gasteiger partial charge in [-0.2, -0.15) is 13.2 Å². The van der Waals surface area contributed by atoms with Crippen molar-refractivity contribution >= 4 is 11.9 Å². The molecule has 0 aromatic heterocycles. The van der Waals surface area contributed by atoms with Crippen molar-refractivity contribution in [3.63, 3.8) is 0 Å². The van der Waals surface area contributed by atoms with Crippen LogP contribution in [0.1, 0.15) is 38.3 Å². The molecule has 26 heavy (non-hydrogen) atoms. The van der Waals surface area contributed by atoms with Crippen molar-refractivity contribution in [2.75, 3.05) is 13.1 Å². The van der Waals surface area contributed by atoms with Gasteiger partial charge in [-0.15, -0.1) is 0 Å². The number of amides is 1. The highest BCUT2D eigenvalue weighted by atomic mass is 19.4. The largest absolute Gasteiger partial charge is 0.457 e. The van der Waals surface area contributed by atoms with Crippen molar-refractivity contribution in [2.45, 2.75) is 51.6 Å². The molecule has 1 unspecified atom stereocenters. The first-order valence-electron chi connectivity index (χ1n) is 8.41. The molecule has 1 aromatic rings. The molecule has 1 aliphatic rings. The summed E-state index contributed by atoms with van der Waals surface area (Å²) in [5.74, 6) is -0.875. The van der Waals surface area contributed by atoms with Gasteiger partial charge in [-0.25, -0.2) is 0 Å². The number of esters is 1. The van der Waals surface area contributed by atoms with Gasteiger partial charge in [0.1, 0.15) is 11.6 Å². The standard InChI is InChI=1S/C18H23F3N2O3/c1-4-23-11-17(2,3)26-16(25)14(23)9-15(24)22-10-12-6-5-7-13(8-12)18(19,20)21/h5-8,14H,4,9-11H2,1-3H3,(H,22,24). The van der Waals surface area contributed by atoms with E-state index in [-0.39, 0.29) is 13.0 Å². The lowest BCUT2D eigenvalue weighted by Gasteiger charge is -2.41. The van der Waals surface area contributed by atoms with Crippen molar-refractivity contribution in [1.29, 1.82) is 0 Å². The molecule has 1 N–H and O–H groups in total. The second-order valence-electron chi connectivity index (χ2n) is 6.94. The average Bonchev–Trinajstić information content (AvgIpc) is 2.54. The highest BCUT2D eigenvalue weighted by molar-refractivity contribution is 5.85. The first-order valence-corrected chi connectivity index (χ1v) is 8.41. The van der Waals surface area contributed by atoms with Crippen molar-refractivity contribution in [3.8, 4) is 0 Å². The van der Waals surface area contributed by atoms with Crippen LogP contribution in [-0.4, -0.2) is 41.5 Å². The maximum absolute atomic E-state index is 12.7. The number of alkyl halides is 3. The summed E-state index contributed by atoms with van der Waals surface area (Å²) >= 11 is 0. The number of carbonyl (C=O) groups excluding carboxylic acids is 2. The molecule has 0 saturated carbocycles. The Morgan fingerprint density at radius 2 is 2.08 bits per heavy atom. The third-order valence-corrected chi connectivity index (χ3v) is 4.20. The van der Waals surface area contributed by atoms with Crippen LogP contribution in [0, 0.1) is 0 Å². The monoisotopic (exact) mass is 372 g/mol. The number of nitrogens with one attached hydrogen (secondary N) is 1. The van der Waals surface area contributed by atoms with E-state index in [0.717, 1.165) is 12.1 Å². The lowest BCUT2D eigenvalue weighted by molar-refractivity contribution is -0.178. The van der Waals surface area contributed by atoms with E-state index in [4.69, 9.17) is 4.74 Å². The zero-order valence-electron chi connectivity index (χ0n) is 15.0. The van der Waals surface area contributed by atoms with Crippen LogP contribution in [0.4, 0.5) is 13.2 Å². The van der Waals surface area contributed by atoms with Crippen LogP contribution in [-0.2, 0) is 27.0 Å². The van der Waals surface area contributed by atoms with E-state index in [2.05, 4.69) is 5.32 Å². The van der Waals surface area contributed by atoms with Crippen molar-refractivity contribution in [1.82, 2.24) is 10.2 Å². The second kappa shape index (κ2) is 7.65. The molecule has 1 amide bonds. The maximum Gasteiger partial charge on any atom is 0.416 e. The van der Waals surface area contributed by atoms with E-state index in [0.29, 0.717) is 18.7 Å². The number of hydrogen-bond acceptors (Lipinski definition) is 4. The van der Waals surface area contributed by atoms with Crippen LogP contribution in [0.5, 0.6) is 0 Å². The van der Waals surface area contributed by atoms with Crippen LogP contribution in [0.3, 0.4) is 0 Å². The summed E-state index contributed by atoms with van der Waals surface area (Å²) in [7, 11) is 0. The molecule has 1 aromatic carbocycles. The molecule has 8 heteroatoms. The molecule has 1 atom stereocenters. The number of benzene rings is 1. The molecule has 1 heterocycles. The van der Waals surface area contributed by atoms with Crippen LogP contribution in [0.2, 0.25) is 0 Å². The number of rotatable bonds is 5. The molecule has 1 aliphatic heterocycles.